The van der Waals surface area contributed by atoms with Gasteiger partial charge in [-0.15, -0.1) is 0 Å². The van der Waals surface area contributed by atoms with Gasteiger partial charge in [-0.25, -0.2) is 29.1 Å². The number of carboxylic acids is 3. The highest BCUT2D eigenvalue weighted by Crippen LogP contribution is 2.18. The van der Waals surface area contributed by atoms with E-state index in [0.717, 1.165) is 4.90 Å². The number of carbonyl (C=O) groups excluding carboxylic acids is 9. The molecule has 0 spiro atoms. The molecule has 5 amide bonds. The lowest BCUT2D eigenvalue weighted by atomic mass is 10.1. The number of aliphatic carboxylic acids is 3. The third-order valence-electron chi connectivity index (χ3n) is 11.3. The fourth-order valence-corrected chi connectivity index (χ4v) is 7.97. The fourth-order valence-electron chi connectivity index (χ4n) is 7.97. The second kappa shape index (κ2) is 33.1. The molecule has 0 saturated heterocycles. The van der Waals surface area contributed by atoms with Crippen molar-refractivity contribution in [3.63, 3.8) is 0 Å². The Balaban J connectivity index is 2.40. The number of ether oxygens (including phenoxy) is 5. The number of aromatic nitrogens is 4. The molecule has 2 aromatic heterocycles. The molecule has 0 aliphatic heterocycles. The maximum atomic E-state index is 14.0. The number of unbranched alkanes of at least 4 members (excludes halogenated alkanes) is 1. The smallest absolute Gasteiger partial charge is 0.329 e. The van der Waals surface area contributed by atoms with Crippen LogP contribution < -0.4 is 16.0 Å². The lowest BCUT2D eigenvalue weighted by molar-refractivity contribution is -0.164. The SMILES string of the molecule is CC(C)(C)OC(=O)CC[C@H](NC(=O)N[C@@H](CCC(=O)N[C@@H](CCCCN(Cc1nccn1CC(=O)N(CC(=O)O)CC(=O)O)Cc1nccn1CC(=O)N(CC(=O)OC(C)(C)C)CC(=O)OC(C)(C)C)C(=O)O)C(=O)OC(C)(C)C)C(=O)OC(C)(C)C. The summed E-state index contributed by atoms with van der Waals surface area (Å²) in [6.07, 6.45) is 4.55. The number of esters is 5. The van der Waals surface area contributed by atoms with E-state index in [1.54, 1.807) is 109 Å². The highest BCUT2D eigenvalue weighted by Gasteiger charge is 2.34. The fraction of sp³-hybridized carbons (Fsp3) is 0.684. The molecule has 87 heavy (non-hydrogen) atoms. The second-order valence-corrected chi connectivity index (χ2v) is 25.5. The first-order valence-electron chi connectivity index (χ1n) is 28.3. The van der Waals surface area contributed by atoms with Crippen molar-refractivity contribution >= 4 is 71.5 Å². The molecule has 0 bridgehead atoms. The number of carbonyl (C=O) groups is 12. The molecule has 2 heterocycles. The monoisotopic (exact) mass is 1230 g/mol. The van der Waals surface area contributed by atoms with Crippen LogP contribution in [-0.4, -0.2) is 199 Å². The first kappa shape index (κ1) is 74.9. The van der Waals surface area contributed by atoms with Gasteiger partial charge in [0.15, 0.2) is 0 Å². The maximum Gasteiger partial charge on any atom is 0.329 e. The molecule has 0 saturated carbocycles. The summed E-state index contributed by atoms with van der Waals surface area (Å²) >= 11 is 0. The first-order valence-corrected chi connectivity index (χ1v) is 28.3. The molecule has 0 fully saturated rings. The molecule has 2 aromatic rings. The molecule has 6 N–H and O–H groups in total. The summed E-state index contributed by atoms with van der Waals surface area (Å²) in [5.74, 6) is -10.1. The van der Waals surface area contributed by atoms with Gasteiger partial charge in [0, 0.05) is 37.6 Å². The molecule has 3 atom stereocenters. The molecule has 0 radical (unpaired) electrons. The minimum absolute atomic E-state index is 0.0406. The zero-order chi connectivity index (χ0) is 66.4. The van der Waals surface area contributed by atoms with Gasteiger partial charge in [-0.3, -0.25) is 43.3 Å². The quantitative estimate of drug-likeness (QED) is 0.0340. The van der Waals surface area contributed by atoms with Gasteiger partial charge in [0.1, 0.15) is 97.0 Å². The molecule has 0 aliphatic rings. The van der Waals surface area contributed by atoms with E-state index in [-0.39, 0.29) is 63.4 Å². The zero-order valence-corrected chi connectivity index (χ0v) is 52.8. The van der Waals surface area contributed by atoms with E-state index in [9.17, 15) is 72.9 Å². The number of nitrogens with zero attached hydrogens (tertiary/aromatic N) is 7. The van der Waals surface area contributed by atoms with Crippen molar-refractivity contribution in [3.8, 4) is 0 Å². The molecule has 0 unspecified atom stereocenters. The molecule has 0 aromatic carbocycles. The third kappa shape index (κ3) is 32.2. The number of nitrogens with one attached hydrogen (secondary N) is 3. The second-order valence-electron chi connectivity index (χ2n) is 25.5. The Bertz CT molecular complexity index is 2680. The van der Waals surface area contributed by atoms with Gasteiger partial charge >= 0.3 is 53.8 Å². The number of hydrogen-bond acceptors (Lipinski definition) is 20. The average Bonchev–Trinajstić information content (AvgIpc) is 2.64. The number of imidazole rings is 2. The Kier molecular flexibility index (Phi) is 28.5. The highest BCUT2D eigenvalue weighted by molar-refractivity contribution is 5.89. The summed E-state index contributed by atoms with van der Waals surface area (Å²) < 4.78 is 30.0. The van der Waals surface area contributed by atoms with Crippen molar-refractivity contribution in [3.05, 3.63) is 36.4 Å². The van der Waals surface area contributed by atoms with Gasteiger partial charge in [-0.05, 0) is 143 Å². The Hall–Kier alpha value is -8.18. The summed E-state index contributed by atoms with van der Waals surface area (Å²) in [7, 11) is 0. The summed E-state index contributed by atoms with van der Waals surface area (Å²) in [5, 5.41) is 36.3. The zero-order valence-electron chi connectivity index (χ0n) is 52.8. The number of hydrogen-bond donors (Lipinski definition) is 6. The van der Waals surface area contributed by atoms with Crippen molar-refractivity contribution in [2.45, 2.75) is 221 Å². The van der Waals surface area contributed by atoms with Gasteiger partial charge in [0.25, 0.3) is 0 Å². The van der Waals surface area contributed by atoms with Crippen LogP contribution in [0, 0.1) is 0 Å². The Morgan fingerprint density at radius 1 is 0.483 bits per heavy atom. The predicted octanol–water partition coefficient (Wildman–Crippen LogP) is 2.95. The van der Waals surface area contributed by atoms with Gasteiger partial charge in [-0.1, -0.05) is 0 Å². The van der Waals surface area contributed by atoms with Crippen LogP contribution in [0.4, 0.5) is 4.79 Å². The van der Waals surface area contributed by atoms with Crippen LogP contribution in [-0.2, 0) is 103 Å². The van der Waals surface area contributed by atoms with Crippen LogP contribution in [0.5, 0.6) is 0 Å². The predicted molar refractivity (Wildman–Crippen MR) is 307 cm³/mol. The largest absolute Gasteiger partial charge is 0.480 e. The number of carboxylic acid groups (broad SMARTS) is 3. The molecule has 30 nitrogen and oxygen atoms in total. The van der Waals surface area contributed by atoms with Gasteiger partial charge in [0.2, 0.25) is 17.7 Å². The maximum absolute atomic E-state index is 14.0. The lowest BCUT2D eigenvalue weighted by Gasteiger charge is -2.27. The van der Waals surface area contributed by atoms with Crippen LogP contribution >= 0.6 is 0 Å². The van der Waals surface area contributed by atoms with E-state index in [0.29, 0.717) is 4.90 Å². The summed E-state index contributed by atoms with van der Waals surface area (Å²) in [6.45, 7) is 20.5. The first-order chi connectivity index (χ1) is 39.9. The topological polar surface area (TPSA) is 393 Å². The Morgan fingerprint density at radius 3 is 1.24 bits per heavy atom. The van der Waals surface area contributed by atoms with E-state index in [4.69, 9.17) is 23.7 Å². The van der Waals surface area contributed by atoms with E-state index in [2.05, 4.69) is 25.9 Å². The minimum atomic E-state index is -1.50. The van der Waals surface area contributed by atoms with Crippen LogP contribution in [0.25, 0.3) is 0 Å². The summed E-state index contributed by atoms with van der Waals surface area (Å²) in [6, 6.07) is -5.39. The van der Waals surface area contributed by atoms with E-state index < -0.39 is 170 Å². The van der Waals surface area contributed by atoms with E-state index in [1.165, 1.54) is 33.9 Å². The number of urea groups is 1. The molecular formula is C57H90N10O20. The minimum Gasteiger partial charge on any atom is -0.480 e. The summed E-state index contributed by atoms with van der Waals surface area (Å²) in [5.41, 5.74) is -4.70. The lowest BCUT2D eigenvalue weighted by Crippen LogP contribution is -2.53. The molecule has 0 aliphatic carbocycles. The third-order valence-corrected chi connectivity index (χ3v) is 11.3. The van der Waals surface area contributed by atoms with Crippen LogP contribution in [0.3, 0.4) is 0 Å². The van der Waals surface area contributed by atoms with Crippen molar-refractivity contribution in [1.29, 1.82) is 0 Å². The molecule has 488 valence electrons. The van der Waals surface area contributed by atoms with Gasteiger partial charge < -0.3 is 73.9 Å². The Morgan fingerprint density at radius 2 is 0.862 bits per heavy atom. The van der Waals surface area contributed by atoms with Crippen molar-refractivity contribution in [1.82, 2.24) is 49.8 Å². The van der Waals surface area contributed by atoms with E-state index in [1.807, 2.05) is 0 Å². The Labute approximate surface area is 506 Å². The van der Waals surface area contributed by atoms with E-state index >= 15 is 0 Å². The summed E-state index contributed by atoms with van der Waals surface area (Å²) in [4.78, 5) is 167. The van der Waals surface area contributed by atoms with Crippen LogP contribution in [0.2, 0.25) is 0 Å². The van der Waals surface area contributed by atoms with Crippen LogP contribution in [0.15, 0.2) is 24.8 Å². The van der Waals surface area contributed by atoms with Crippen molar-refractivity contribution in [2.24, 2.45) is 0 Å². The molecule has 2 rings (SSSR count). The standard InChI is InChI=1S/C57H90N10O20/c1-53(2,3)83-46(75)22-20-38(51(81)87-57(13,14)15)62-52(82)61-37(50(80)86-56(10,11)12)19-21-41(68)60-36(49(78)79)18-16-17-25-63(28-39-58-23-26-64(39)30-42(69)66(32-44(71)72)33-45(73)74)29-40-59-24-27-65(40)31-43(70)67(34-47(76)84-54(4,5)6)35-48(77)85-55(7,8)9/h23-24,26-27,36-38H,16-22,25,28-35H2,1-15H3,(H,60,68)(H,71,72)(H,73,74)(H,78,79)(H2,61,62,82)/t36-,37-,38-/m0/s1. The highest BCUT2D eigenvalue weighted by atomic mass is 16.6. The molecular weight excluding hydrogens is 1140 g/mol. The molecule has 30 heteroatoms. The average molecular weight is 1240 g/mol. The number of amides is 5. The number of rotatable bonds is 33. The van der Waals surface area contributed by atoms with Crippen molar-refractivity contribution < 1.29 is 96.5 Å². The normalized spacial score (nSPS) is 13.0. The van der Waals surface area contributed by atoms with Crippen molar-refractivity contribution in [2.75, 3.05) is 32.7 Å². The van der Waals surface area contributed by atoms with Gasteiger partial charge in [0.05, 0.1) is 13.1 Å². The van der Waals surface area contributed by atoms with Crippen LogP contribution in [0.1, 0.15) is 160 Å². The van der Waals surface area contributed by atoms with Gasteiger partial charge in [-0.2, -0.15) is 0 Å².